The second-order valence-electron chi connectivity index (χ2n) is 8.36. The van der Waals surface area contributed by atoms with Gasteiger partial charge in [-0.15, -0.1) is 0 Å². The summed E-state index contributed by atoms with van der Waals surface area (Å²) in [5.41, 5.74) is 2.33. The molecule has 1 fully saturated rings. The minimum atomic E-state index is -0.452. The molecule has 29 heavy (non-hydrogen) atoms. The number of esters is 1. The average molecular weight is 401 g/mol. The lowest BCUT2D eigenvalue weighted by Crippen LogP contribution is -2.65. The molecule has 0 radical (unpaired) electrons. The molecule has 5 rings (SSSR count). The van der Waals surface area contributed by atoms with Crippen LogP contribution in [0.4, 0.5) is 0 Å². The van der Waals surface area contributed by atoms with Crippen LogP contribution in [0.3, 0.4) is 0 Å². The molecule has 2 bridgehead atoms. The molecule has 0 amide bonds. The van der Waals surface area contributed by atoms with Crippen LogP contribution in [0.5, 0.6) is 11.5 Å². The largest absolute Gasteiger partial charge is 0.481 e. The van der Waals surface area contributed by atoms with Crippen LogP contribution in [0.15, 0.2) is 24.3 Å². The van der Waals surface area contributed by atoms with Crippen molar-refractivity contribution in [1.29, 1.82) is 0 Å². The van der Waals surface area contributed by atoms with Crippen molar-refractivity contribution in [2.45, 2.75) is 36.5 Å². The van der Waals surface area contributed by atoms with Crippen LogP contribution in [0, 0.1) is 5.92 Å². The van der Waals surface area contributed by atoms with E-state index in [1.54, 1.807) is 7.11 Å². The summed E-state index contributed by atoms with van der Waals surface area (Å²) >= 11 is 0. The smallest absolute Gasteiger partial charge is 0.332 e. The van der Waals surface area contributed by atoms with Crippen LogP contribution < -0.4 is 9.47 Å². The minimum Gasteiger partial charge on any atom is -0.481 e. The number of carbonyl (C=O) groups excluding carboxylic acids is 1. The molecule has 156 valence electrons. The monoisotopic (exact) mass is 401 g/mol. The van der Waals surface area contributed by atoms with Crippen LogP contribution in [0.2, 0.25) is 0 Å². The molecular weight excluding hydrogens is 374 g/mol. The third kappa shape index (κ3) is 2.64. The minimum absolute atomic E-state index is 0.0702. The van der Waals surface area contributed by atoms with Gasteiger partial charge in [0.1, 0.15) is 12.7 Å². The van der Waals surface area contributed by atoms with Gasteiger partial charge in [0.15, 0.2) is 24.4 Å². The Balaban J connectivity index is 1.61. The van der Waals surface area contributed by atoms with E-state index in [4.69, 9.17) is 23.7 Å². The molecule has 1 spiro atoms. The molecule has 2 aliphatic heterocycles. The highest BCUT2D eigenvalue weighted by molar-refractivity contribution is 5.71. The first kappa shape index (κ1) is 18.9. The maximum Gasteiger partial charge on any atom is 0.332 e. The predicted molar refractivity (Wildman–Crippen MR) is 104 cm³/mol. The zero-order chi connectivity index (χ0) is 20.2. The van der Waals surface area contributed by atoms with Gasteiger partial charge in [-0.2, -0.15) is 0 Å². The first-order valence-electron chi connectivity index (χ1n) is 10.1. The fourth-order valence-electron chi connectivity index (χ4n) is 5.85. The van der Waals surface area contributed by atoms with Gasteiger partial charge < -0.3 is 28.6 Å². The molecule has 1 aromatic carbocycles. The van der Waals surface area contributed by atoms with Crippen molar-refractivity contribution in [1.82, 2.24) is 4.90 Å². The second kappa shape index (κ2) is 7.00. The van der Waals surface area contributed by atoms with Crippen molar-refractivity contribution in [3.63, 3.8) is 0 Å². The fourth-order valence-corrected chi connectivity index (χ4v) is 5.85. The Hall–Kier alpha value is -2.09. The Bertz CT molecular complexity index is 854. The van der Waals surface area contributed by atoms with Gasteiger partial charge in [-0.05, 0) is 44.1 Å². The summed E-state index contributed by atoms with van der Waals surface area (Å²) in [6.07, 6.45) is 5.45. The molecule has 0 aromatic heterocycles. The molecule has 7 heteroatoms. The molecular formula is C22H27NO6. The number of likely N-dealkylation sites (tertiary alicyclic amines) is 1. The van der Waals surface area contributed by atoms with Crippen LogP contribution in [-0.4, -0.2) is 70.3 Å². The summed E-state index contributed by atoms with van der Waals surface area (Å²) in [6.45, 7) is 1.07. The van der Waals surface area contributed by atoms with Crippen LogP contribution >= 0.6 is 0 Å². The van der Waals surface area contributed by atoms with Crippen molar-refractivity contribution in [2.24, 2.45) is 5.92 Å². The van der Waals surface area contributed by atoms with E-state index in [0.29, 0.717) is 17.7 Å². The first-order valence-corrected chi connectivity index (χ1v) is 10.1. The van der Waals surface area contributed by atoms with Crippen LogP contribution in [0.1, 0.15) is 17.5 Å². The normalized spacial score (nSPS) is 33.8. The van der Waals surface area contributed by atoms with Gasteiger partial charge in [0.2, 0.25) is 0 Å². The molecule has 2 heterocycles. The Kier molecular flexibility index (Phi) is 4.57. The van der Waals surface area contributed by atoms with Crippen molar-refractivity contribution in [2.75, 3.05) is 41.2 Å². The quantitative estimate of drug-likeness (QED) is 0.408. The maximum atomic E-state index is 12.2. The van der Waals surface area contributed by atoms with Crippen molar-refractivity contribution < 1.29 is 28.5 Å². The number of piperidine rings is 1. The summed E-state index contributed by atoms with van der Waals surface area (Å²) in [4.78, 5) is 14.6. The maximum absolute atomic E-state index is 12.2. The number of carbonyl (C=O) groups is 1. The summed E-state index contributed by atoms with van der Waals surface area (Å²) in [5.74, 6) is 1.41. The average Bonchev–Trinajstić information content (AvgIpc) is 3.06. The summed E-state index contributed by atoms with van der Waals surface area (Å²) in [6, 6.07) is 4.53. The van der Waals surface area contributed by atoms with Gasteiger partial charge in [0.25, 0.3) is 0 Å². The summed E-state index contributed by atoms with van der Waals surface area (Å²) in [7, 11) is 5.29. The highest BCUT2D eigenvalue weighted by Crippen LogP contribution is 2.62. The third-order valence-corrected chi connectivity index (χ3v) is 6.98. The van der Waals surface area contributed by atoms with E-state index in [-0.39, 0.29) is 30.9 Å². The van der Waals surface area contributed by atoms with Crippen molar-refractivity contribution in [3.8, 4) is 11.5 Å². The van der Waals surface area contributed by atoms with E-state index in [2.05, 4.69) is 24.1 Å². The molecule has 0 saturated carbocycles. The van der Waals surface area contributed by atoms with E-state index in [0.717, 1.165) is 25.1 Å². The molecule has 2 aliphatic carbocycles. The highest BCUT2D eigenvalue weighted by Gasteiger charge is 2.65. The fraction of sp³-hybridized carbons (Fsp3) is 0.591. The van der Waals surface area contributed by atoms with E-state index in [1.807, 2.05) is 12.1 Å². The Morgan fingerprint density at radius 3 is 2.93 bits per heavy atom. The van der Waals surface area contributed by atoms with E-state index >= 15 is 0 Å². The Morgan fingerprint density at radius 1 is 1.28 bits per heavy atom. The number of hydrogen-bond donors (Lipinski definition) is 0. The Morgan fingerprint density at radius 2 is 2.14 bits per heavy atom. The standard InChI is InChI=1S/C22H27NO6/c1-23-9-8-22-14-5-7-17(28-18(24)11-25-2)21(22)29-20-16(27-12-26-3)6-4-13(19(20)22)10-15(14)23/h4-7,14-15,17,21H,8-12H2,1-3H3/t14-,15+,17-,21?,22-/m0/s1. The first-order chi connectivity index (χ1) is 14.1. The molecule has 7 nitrogen and oxygen atoms in total. The van der Waals surface area contributed by atoms with Crippen LogP contribution in [-0.2, 0) is 30.8 Å². The molecule has 1 saturated heterocycles. The van der Waals surface area contributed by atoms with Gasteiger partial charge in [-0.3, -0.25) is 0 Å². The van der Waals surface area contributed by atoms with Gasteiger partial charge in [0, 0.05) is 37.2 Å². The number of nitrogens with zero attached hydrogens (tertiary/aromatic N) is 1. The van der Waals surface area contributed by atoms with Crippen LogP contribution in [0.25, 0.3) is 0 Å². The number of benzene rings is 1. The van der Waals surface area contributed by atoms with E-state index in [1.165, 1.54) is 18.2 Å². The van der Waals surface area contributed by atoms with Gasteiger partial charge in [0.05, 0.1) is 0 Å². The lowest BCUT2D eigenvalue weighted by molar-refractivity contribution is -0.159. The highest BCUT2D eigenvalue weighted by atomic mass is 16.7. The lowest BCUT2D eigenvalue weighted by atomic mass is 9.53. The van der Waals surface area contributed by atoms with Gasteiger partial charge in [-0.25, -0.2) is 4.79 Å². The zero-order valence-corrected chi connectivity index (χ0v) is 17.1. The number of methoxy groups -OCH3 is 2. The molecule has 0 N–H and O–H groups in total. The van der Waals surface area contributed by atoms with Crippen molar-refractivity contribution in [3.05, 3.63) is 35.4 Å². The van der Waals surface area contributed by atoms with Gasteiger partial charge in [-0.1, -0.05) is 12.1 Å². The zero-order valence-electron chi connectivity index (χ0n) is 17.1. The number of ether oxygens (including phenoxy) is 5. The molecule has 4 aliphatic rings. The molecule has 5 atom stereocenters. The number of rotatable bonds is 6. The summed E-state index contributed by atoms with van der Waals surface area (Å²) in [5, 5.41) is 0. The topological polar surface area (TPSA) is 66.5 Å². The van der Waals surface area contributed by atoms with Crippen molar-refractivity contribution >= 4 is 5.97 Å². The third-order valence-electron chi connectivity index (χ3n) is 6.98. The van der Waals surface area contributed by atoms with Gasteiger partial charge >= 0.3 is 5.97 Å². The SMILES string of the molecule is COCOc1ccc2c3c1OC1[C@@H](OC(=O)COC)C=C[C@H]4[C@@H](C2)N(C)CC[C@]314. The number of hydrogen-bond acceptors (Lipinski definition) is 7. The predicted octanol–water partition coefficient (Wildman–Crippen LogP) is 1.67. The molecule has 1 unspecified atom stereocenters. The second-order valence-corrected chi connectivity index (χ2v) is 8.36. The van der Waals surface area contributed by atoms with E-state index in [9.17, 15) is 4.79 Å². The lowest BCUT2D eigenvalue weighted by Gasteiger charge is -2.56. The number of likely N-dealkylation sites (N-methyl/N-ethyl adjacent to an activating group) is 1. The molecule has 1 aromatic rings. The summed E-state index contributed by atoms with van der Waals surface area (Å²) < 4.78 is 28.2. The van der Waals surface area contributed by atoms with E-state index < -0.39 is 6.10 Å². The Labute approximate surface area is 170 Å².